The van der Waals surface area contributed by atoms with Crippen LogP contribution in [-0.4, -0.2) is 174 Å². The number of likely N-dealkylation sites (tertiary alicyclic amines) is 1. The molecule has 3 aromatic heterocycles. The van der Waals surface area contributed by atoms with Gasteiger partial charge < -0.3 is 78.7 Å². The molecule has 0 saturated carbocycles. The first-order valence-corrected chi connectivity index (χ1v) is 36.2. The number of phenolic OH excluding ortho intramolecular Hbond substituents is 1. The molecule has 1 fully saturated rings. The summed E-state index contributed by atoms with van der Waals surface area (Å²) in [6.45, 7) is -0.162. The Labute approximate surface area is 636 Å². The highest BCUT2D eigenvalue weighted by atomic mass is 35.5. The molecular weight excluding hydrogens is 1430 g/mol. The Morgan fingerprint density at radius 3 is 1.51 bits per heavy atom. The second-order valence-electron chi connectivity index (χ2n) is 27.1. The maximum atomic E-state index is 15.6. The van der Waals surface area contributed by atoms with Gasteiger partial charge in [-0.1, -0.05) is 145 Å². The van der Waals surface area contributed by atoms with E-state index in [2.05, 4.69) is 67.8 Å². The van der Waals surface area contributed by atoms with Crippen molar-refractivity contribution in [2.24, 2.45) is 5.73 Å². The van der Waals surface area contributed by atoms with Gasteiger partial charge in [-0.2, -0.15) is 0 Å². The summed E-state index contributed by atoms with van der Waals surface area (Å²) < 4.78 is 0. The van der Waals surface area contributed by atoms with Crippen LogP contribution in [0.15, 0.2) is 201 Å². The smallest absolute Gasteiger partial charge is 0.246 e. The van der Waals surface area contributed by atoms with Gasteiger partial charge in [-0.05, 0) is 104 Å². The third kappa shape index (κ3) is 21.3. The number of amides is 11. The largest absolute Gasteiger partial charge is 0.508 e. The number of nitrogens with zero attached hydrogens (tertiary/aromatic N) is 3. The second kappa shape index (κ2) is 37.1. The number of pyridine rings is 1. The lowest BCUT2D eigenvalue weighted by atomic mass is 9.99. The van der Waals surface area contributed by atoms with Crippen LogP contribution < -0.4 is 53.6 Å². The van der Waals surface area contributed by atoms with Crippen LogP contribution in [0.5, 0.6) is 5.75 Å². The maximum Gasteiger partial charge on any atom is 0.246 e. The number of para-hydroxylation sites is 1. The van der Waals surface area contributed by atoms with E-state index < -0.39 is 133 Å². The van der Waals surface area contributed by atoms with Gasteiger partial charge in [0.1, 0.15) is 60.1 Å². The van der Waals surface area contributed by atoms with Crippen LogP contribution in [0.25, 0.3) is 32.4 Å². The van der Waals surface area contributed by atoms with Gasteiger partial charge in [0.25, 0.3) is 0 Å². The average molecular weight is 1510 g/mol. The molecule has 1 aliphatic heterocycles. The molecule has 568 valence electrons. The first-order valence-electron chi connectivity index (χ1n) is 35.9. The van der Waals surface area contributed by atoms with E-state index in [1.165, 1.54) is 48.9 Å². The molecule has 0 aliphatic carbocycles. The third-order valence-corrected chi connectivity index (χ3v) is 19.3. The van der Waals surface area contributed by atoms with Crippen molar-refractivity contribution in [3.05, 3.63) is 245 Å². The number of phenols is 1. The fourth-order valence-electron chi connectivity index (χ4n) is 13.4. The predicted molar refractivity (Wildman–Crippen MR) is 410 cm³/mol. The van der Waals surface area contributed by atoms with Crippen molar-refractivity contribution in [3.8, 4) is 5.75 Å². The van der Waals surface area contributed by atoms with Gasteiger partial charge in [0, 0.05) is 105 Å². The molecule has 1 saturated heterocycles. The highest BCUT2D eigenvalue weighted by Crippen LogP contribution is 2.25. The summed E-state index contributed by atoms with van der Waals surface area (Å²) in [7, 11) is 0. The summed E-state index contributed by atoms with van der Waals surface area (Å²) in [4.78, 5) is 174. The molecular formula is C81H84ClN15O13. The zero-order valence-corrected chi connectivity index (χ0v) is 60.7. The lowest BCUT2D eigenvalue weighted by Crippen LogP contribution is -2.62. The van der Waals surface area contributed by atoms with Crippen LogP contribution in [-0.2, 0) is 97.7 Å². The van der Waals surface area contributed by atoms with Gasteiger partial charge >= 0.3 is 0 Å². The number of aromatic amines is 2. The van der Waals surface area contributed by atoms with E-state index in [0.717, 1.165) is 21.5 Å². The van der Waals surface area contributed by atoms with Crippen molar-refractivity contribution in [3.63, 3.8) is 0 Å². The number of carbonyl (C=O) groups excluding carboxylic acids is 11. The van der Waals surface area contributed by atoms with E-state index >= 15 is 14.4 Å². The van der Waals surface area contributed by atoms with E-state index in [-0.39, 0.29) is 63.7 Å². The van der Waals surface area contributed by atoms with Crippen LogP contribution >= 0.6 is 11.6 Å². The van der Waals surface area contributed by atoms with E-state index in [9.17, 15) is 48.6 Å². The van der Waals surface area contributed by atoms with Crippen LogP contribution in [0, 0.1) is 0 Å². The number of rotatable bonds is 34. The lowest BCUT2D eigenvalue weighted by Gasteiger charge is -2.30. The van der Waals surface area contributed by atoms with Crippen molar-refractivity contribution in [1.29, 1.82) is 0 Å². The maximum absolute atomic E-state index is 15.6. The Morgan fingerprint density at radius 2 is 0.973 bits per heavy atom. The number of hydrogen-bond donors (Lipinski definition) is 14. The number of nitrogens with one attached hydrogen (secondary N) is 11. The number of hydrogen-bond acceptors (Lipinski definition) is 15. The minimum Gasteiger partial charge on any atom is -0.508 e. The Bertz CT molecular complexity index is 4970. The number of aliphatic hydroxyl groups excluding tert-OH is 1. The Kier molecular flexibility index (Phi) is 26.4. The molecule has 0 bridgehead atoms. The van der Waals surface area contributed by atoms with Crippen LogP contribution in [0.4, 0.5) is 0 Å². The quantitative estimate of drug-likeness (QED) is 0.0275. The number of halogens is 1. The van der Waals surface area contributed by atoms with Crippen LogP contribution in [0.2, 0.25) is 5.02 Å². The van der Waals surface area contributed by atoms with E-state index in [1.807, 2.05) is 97.1 Å². The summed E-state index contributed by atoms with van der Waals surface area (Å²) >= 11 is 6.27. The monoisotopic (exact) mass is 1510 g/mol. The number of aromatic nitrogens is 4. The number of carbonyl (C=O) groups is 11. The molecule has 1 aliphatic rings. The standard InChI is InChI=1S/C81H84ClN15O13/c1-47(99)89-63(36-50-18-24-53-11-2-4-13-55(53)32-50)73(102)90-64(34-48-20-26-58(82)27-21-48)74(103)92-66(38-52-10-8-30-84-41-52)76(105)96-70(45-98)79(108)94-68(40-59-43-85-46-88-59)78(107)91-65(37-51-19-25-54-12-3-5-14-56(54)33-51)75(104)93-67(39-57-42-86-62-16-7-6-15-61(57)62)77(106)95-69(35-49-22-28-60(100)29-23-49)81(110)97-31-9-17-71(97)80(109)87-44-72(83)101/h2-8,10-16,18-30,32-33,41-43,46,63-71,86,98,100H,9,17,31,34-40,44-45H2,1H3,(H2,83,101)(H,85,88)(H,87,109)(H,89,99)(H,90,102)(H,91,107)(H,92,103)(H,93,104)(H,94,108)(H,95,106)(H,96,105)/t63-,64-,65-,66-,67+,68+,69+,70+,71+/m1/s1. The fraction of sp³-hybridized carbons (Fsp3) is 0.272. The number of benzene rings is 7. The van der Waals surface area contributed by atoms with Crippen molar-refractivity contribution in [1.82, 2.24) is 72.7 Å². The number of nitrogens with two attached hydrogens (primary N) is 1. The molecule has 4 heterocycles. The van der Waals surface area contributed by atoms with Gasteiger partial charge in [-0.25, -0.2) is 4.98 Å². The molecule has 10 aromatic rings. The topological polar surface area (TPSA) is 423 Å². The van der Waals surface area contributed by atoms with Crippen molar-refractivity contribution in [2.75, 3.05) is 19.7 Å². The molecule has 11 amide bonds. The first-order chi connectivity index (χ1) is 53.1. The Morgan fingerprint density at radius 1 is 0.500 bits per heavy atom. The summed E-state index contributed by atoms with van der Waals surface area (Å²) in [6, 6.07) is 36.0. The molecule has 110 heavy (non-hydrogen) atoms. The summed E-state index contributed by atoms with van der Waals surface area (Å²) in [5.41, 5.74) is 9.71. The van der Waals surface area contributed by atoms with Crippen molar-refractivity contribution in [2.45, 2.75) is 119 Å². The second-order valence-corrected chi connectivity index (χ2v) is 27.6. The molecule has 0 radical (unpaired) electrons. The summed E-state index contributed by atoms with van der Waals surface area (Å²) in [6.07, 6.45) is 6.80. The van der Waals surface area contributed by atoms with E-state index in [4.69, 9.17) is 17.3 Å². The minimum absolute atomic E-state index is 0.0358. The normalized spacial score (nSPS) is 14.8. The minimum atomic E-state index is -1.83. The van der Waals surface area contributed by atoms with Gasteiger partial charge in [0.2, 0.25) is 65.0 Å². The highest BCUT2D eigenvalue weighted by molar-refractivity contribution is 6.30. The van der Waals surface area contributed by atoms with E-state index in [1.54, 1.807) is 66.9 Å². The zero-order chi connectivity index (χ0) is 77.8. The molecule has 15 N–H and O–H groups in total. The predicted octanol–water partition coefficient (Wildman–Crippen LogP) is 3.43. The Hall–Kier alpha value is -12.8. The van der Waals surface area contributed by atoms with Crippen LogP contribution in [0.1, 0.15) is 58.8 Å². The van der Waals surface area contributed by atoms with Gasteiger partial charge in [0.05, 0.1) is 19.5 Å². The number of fused-ring (bicyclic) bond motifs is 3. The summed E-state index contributed by atoms with van der Waals surface area (Å²) in [5.74, 6) is -9.03. The number of imidazole rings is 1. The summed E-state index contributed by atoms with van der Waals surface area (Å²) in [5, 5.41) is 50.4. The molecule has 11 rings (SSSR count). The molecule has 0 unspecified atom stereocenters. The average Bonchev–Trinajstić information content (AvgIpc) is 1.50. The lowest BCUT2D eigenvalue weighted by molar-refractivity contribution is -0.142. The Balaban J connectivity index is 0.861. The first kappa shape index (κ1) is 78.3. The van der Waals surface area contributed by atoms with Gasteiger partial charge in [-0.15, -0.1) is 0 Å². The van der Waals surface area contributed by atoms with E-state index in [0.29, 0.717) is 61.4 Å². The third-order valence-electron chi connectivity index (χ3n) is 19.0. The number of aromatic hydroxyl groups is 1. The number of aliphatic hydroxyl groups is 1. The molecule has 7 aromatic carbocycles. The SMILES string of the molecule is CC(=O)N[C@H](Cc1ccc2ccccc2c1)C(=O)N[C@H](Cc1ccc(Cl)cc1)C(=O)N[C@H](Cc1cccnc1)C(=O)N[C@@H](CO)C(=O)N[C@@H](Cc1cnc[nH]1)C(=O)N[C@H](Cc1ccc2ccccc2c1)C(=O)N[C@@H](Cc1c[nH]c2ccccc12)C(=O)N[C@@H](Cc1ccc(O)cc1)C(=O)N1CCC[C@H]1C(=O)NCC(N)=O. The zero-order valence-electron chi connectivity index (χ0n) is 59.9. The van der Waals surface area contributed by atoms with Gasteiger partial charge in [0.15, 0.2) is 0 Å². The van der Waals surface area contributed by atoms with Crippen molar-refractivity contribution >= 4 is 109 Å². The highest BCUT2D eigenvalue weighted by Gasteiger charge is 2.40. The molecule has 28 nitrogen and oxygen atoms in total. The van der Waals surface area contributed by atoms with Crippen LogP contribution in [0.3, 0.4) is 0 Å². The molecule has 0 spiro atoms. The number of H-pyrrole nitrogens is 2. The van der Waals surface area contributed by atoms with Gasteiger partial charge in [-0.3, -0.25) is 57.7 Å². The molecule has 9 atom stereocenters. The number of primary amides is 1. The fourth-order valence-corrected chi connectivity index (χ4v) is 13.5. The molecule has 29 heteroatoms. The van der Waals surface area contributed by atoms with Crippen molar-refractivity contribution < 1.29 is 63.0 Å².